The lowest BCUT2D eigenvalue weighted by Crippen LogP contribution is -2.42. The first kappa shape index (κ1) is 23.7. The van der Waals surface area contributed by atoms with Crippen molar-refractivity contribution >= 4 is 15.9 Å². The van der Waals surface area contributed by atoms with Crippen LogP contribution in [0.4, 0.5) is 17.6 Å². The molecule has 1 aliphatic carbocycles. The Hall–Kier alpha value is -2.46. The SMILES string of the molecule is CCN([C@@H](c1ccc(F)cc1)C(F)(F)F)S(=O)(=O)c1ccc2c(c1)CN(C(=O)C1CC1)CC2. The van der Waals surface area contributed by atoms with E-state index in [9.17, 15) is 30.8 Å². The highest BCUT2D eigenvalue weighted by Gasteiger charge is 2.48. The van der Waals surface area contributed by atoms with Crippen LogP contribution in [0.25, 0.3) is 0 Å². The molecule has 1 fully saturated rings. The lowest BCUT2D eigenvalue weighted by molar-refractivity contribution is -0.173. The second-order valence-corrected chi connectivity index (χ2v) is 10.3. The maximum absolute atomic E-state index is 14.0. The lowest BCUT2D eigenvalue weighted by atomic mass is 9.99. The van der Waals surface area contributed by atoms with E-state index in [0.717, 1.165) is 42.7 Å². The Bertz CT molecular complexity index is 1150. The van der Waals surface area contributed by atoms with Gasteiger partial charge in [0.15, 0.2) is 0 Å². The highest BCUT2D eigenvalue weighted by atomic mass is 32.2. The first-order valence-electron chi connectivity index (χ1n) is 10.8. The zero-order valence-corrected chi connectivity index (χ0v) is 18.8. The van der Waals surface area contributed by atoms with E-state index >= 15 is 0 Å². The molecule has 1 heterocycles. The van der Waals surface area contributed by atoms with Crippen LogP contribution in [-0.2, 0) is 27.8 Å². The molecule has 0 saturated heterocycles. The molecule has 0 spiro atoms. The van der Waals surface area contributed by atoms with Gasteiger partial charge in [0.25, 0.3) is 0 Å². The smallest absolute Gasteiger partial charge is 0.338 e. The third-order valence-corrected chi connectivity index (χ3v) is 8.07. The number of sulfonamides is 1. The normalized spacial score (nSPS) is 17.7. The fraction of sp³-hybridized carbons (Fsp3) is 0.435. The summed E-state index contributed by atoms with van der Waals surface area (Å²) in [6.07, 6.45) is -2.65. The van der Waals surface area contributed by atoms with Gasteiger partial charge in [0, 0.05) is 25.6 Å². The summed E-state index contributed by atoms with van der Waals surface area (Å²) >= 11 is 0. The zero-order valence-electron chi connectivity index (χ0n) is 18.0. The number of halogens is 4. The standard InChI is InChI=1S/C23H24F4N2O3S/c1-2-29(21(23(25,26)27)16-5-8-19(24)9-6-16)33(31,32)20-10-7-15-11-12-28(14-18(15)13-20)22(30)17-3-4-17/h5-10,13,17,21H,2-4,11-12,14H2,1H3/t21-/m0/s1. The molecule has 0 bridgehead atoms. The maximum Gasteiger partial charge on any atom is 0.409 e. The summed E-state index contributed by atoms with van der Waals surface area (Å²) in [5, 5.41) is 0. The minimum atomic E-state index is -4.91. The van der Waals surface area contributed by atoms with Crippen molar-refractivity contribution in [3.05, 3.63) is 65.0 Å². The van der Waals surface area contributed by atoms with Crippen molar-refractivity contribution in [3.63, 3.8) is 0 Å². The van der Waals surface area contributed by atoms with Crippen LogP contribution in [0.2, 0.25) is 0 Å². The van der Waals surface area contributed by atoms with Crippen molar-refractivity contribution in [2.24, 2.45) is 5.92 Å². The number of hydrogen-bond donors (Lipinski definition) is 0. The molecule has 1 saturated carbocycles. The fourth-order valence-corrected chi connectivity index (χ4v) is 5.92. The average molecular weight is 485 g/mol. The van der Waals surface area contributed by atoms with Gasteiger partial charge in [0.1, 0.15) is 11.9 Å². The zero-order chi connectivity index (χ0) is 24.0. The Morgan fingerprint density at radius 1 is 1.12 bits per heavy atom. The van der Waals surface area contributed by atoms with Crippen molar-refractivity contribution in [3.8, 4) is 0 Å². The van der Waals surface area contributed by atoms with Gasteiger partial charge in [0.05, 0.1) is 4.90 Å². The fourth-order valence-electron chi connectivity index (χ4n) is 4.26. The number of nitrogens with zero attached hydrogens (tertiary/aromatic N) is 2. The molecule has 0 N–H and O–H groups in total. The topological polar surface area (TPSA) is 57.7 Å². The molecule has 4 rings (SSSR count). The second kappa shape index (κ2) is 8.72. The number of carbonyl (C=O) groups excluding carboxylic acids is 1. The second-order valence-electron chi connectivity index (χ2n) is 8.42. The van der Waals surface area contributed by atoms with Crippen LogP contribution in [0, 0.1) is 11.7 Å². The van der Waals surface area contributed by atoms with Gasteiger partial charge in [-0.05, 0) is 60.2 Å². The predicted octanol–water partition coefficient (Wildman–Crippen LogP) is 4.43. The average Bonchev–Trinajstić information content (AvgIpc) is 3.61. The number of rotatable bonds is 6. The molecule has 2 aromatic carbocycles. The lowest BCUT2D eigenvalue weighted by Gasteiger charge is -2.33. The van der Waals surface area contributed by atoms with E-state index in [-0.39, 0.29) is 28.8 Å². The molecule has 1 aliphatic heterocycles. The van der Waals surface area contributed by atoms with Crippen LogP contribution in [0.15, 0.2) is 47.4 Å². The van der Waals surface area contributed by atoms with Crippen molar-refractivity contribution in [1.82, 2.24) is 9.21 Å². The van der Waals surface area contributed by atoms with Gasteiger partial charge < -0.3 is 4.90 Å². The summed E-state index contributed by atoms with van der Waals surface area (Å²) in [5.74, 6) is -0.652. The minimum Gasteiger partial charge on any atom is -0.338 e. The van der Waals surface area contributed by atoms with E-state index < -0.39 is 34.6 Å². The highest BCUT2D eigenvalue weighted by molar-refractivity contribution is 7.89. The van der Waals surface area contributed by atoms with E-state index in [1.807, 2.05) is 0 Å². The number of hydrogen-bond acceptors (Lipinski definition) is 3. The maximum atomic E-state index is 14.0. The van der Waals surface area contributed by atoms with Gasteiger partial charge in [-0.3, -0.25) is 4.79 Å². The summed E-state index contributed by atoms with van der Waals surface area (Å²) in [6.45, 7) is 1.67. The van der Waals surface area contributed by atoms with Gasteiger partial charge >= 0.3 is 6.18 Å². The van der Waals surface area contributed by atoms with E-state index in [1.54, 1.807) is 11.0 Å². The molecular formula is C23H24F4N2O3S. The molecular weight excluding hydrogens is 460 g/mol. The van der Waals surface area contributed by atoms with Crippen molar-refractivity contribution in [2.45, 2.75) is 49.8 Å². The molecule has 5 nitrogen and oxygen atoms in total. The Balaban J connectivity index is 1.69. The van der Waals surface area contributed by atoms with E-state index in [2.05, 4.69) is 0 Å². The third-order valence-electron chi connectivity index (χ3n) is 6.13. The number of alkyl halides is 3. The molecule has 178 valence electrons. The Kier molecular flexibility index (Phi) is 6.26. The summed E-state index contributed by atoms with van der Waals surface area (Å²) in [5.41, 5.74) is 1.13. The van der Waals surface area contributed by atoms with Gasteiger partial charge in [-0.25, -0.2) is 12.8 Å². The van der Waals surface area contributed by atoms with E-state index in [1.165, 1.54) is 19.1 Å². The quantitative estimate of drug-likeness (QED) is 0.570. The molecule has 33 heavy (non-hydrogen) atoms. The van der Waals surface area contributed by atoms with Gasteiger partial charge in [0.2, 0.25) is 15.9 Å². The van der Waals surface area contributed by atoms with Crippen LogP contribution in [0.3, 0.4) is 0 Å². The van der Waals surface area contributed by atoms with E-state index in [4.69, 9.17) is 0 Å². The largest absolute Gasteiger partial charge is 0.409 e. The summed E-state index contributed by atoms with van der Waals surface area (Å²) < 4.78 is 82.6. The summed E-state index contributed by atoms with van der Waals surface area (Å²) in [6, 6.07) is 5.47. The van der Waals surface area contributed by atoms with Crippen LogP contribution < -0.4 is 0 Å². The van der Waals surface area contributed by atoms with Gasteiger partial charge in [-0.1, -0.05) is 25.1 Å². The number of fused-ring (bicyclic) bond motifs is 1. The first-order valence-corrected chi connectivity index (χ1v) is 12.2. The number of benzene rings is 2. The minimum absolute atomic E-state index is 0.0253. The molecule has 0 radical (unpaired) electrons. The molecule has 2 aromatic rings. The molecule has 1 amide bonds. The number of carbonyl (C=O) groups is 1. The van der Waals surface area contributed by atoms with Crippen molar-refractivity contribution in [1.29, 1.82) is 0 Å². The van der Waals surface area contributed by atoms with Crippen LogP contribution in [0.1, 0.15) is 42.5 Å². The number of amides is 1. The Labute approximate surface area is 190 Å². The summed E-state index contributed by atoms with van der Waals surface area (Å²) in [4.78, 5) is 13.9. The van der Waals surface area contributed by atoms with Gasteiger partial charge in [-0.15, -0.1) is 0 Å². The molecule has 0 unspecified atom stereocenters. The molecule has 2 aliphatic rings. The van der Waals surface area contributed by atoms with Crippen LogP contribution in [0.5, 0.6) is 0 Å². The Morgan fingerprint density at radius 3 is 2.36 bits per heavy atom. The Morgan fingerprint density at radius 2 is 1.79 bits per heavy atom. The van der Waals surface area contributed by atoms with Crippen LogP contribution in [-0.4, -0.2) is 42.8 Å². The van der Waals surface area contributed by atoms with Crippen molar-refractivity contribution < 1.29 is 30.8 Å². The molecule has 0 aromatic heterocycles. The van der Waals surface area contributed by atoms with E-state index in [0.29, 0.717) is 22.8 Å². The van der Waals surface area contributed by atoms with Crippen molar-refractivity contribution in [2.75, 3.05) is 13.1 Å². The van der Waals surface area contributed by atoms with Gasteiger partial charge in [-0.2, -0.15) is 17.5 Å². The summed E-state index contributed by atoms with van der Waals surface area (Å²) in [7, 11) is -4.55. The third kappa shape index (κ3) is 4.77. The molecule has 1 atom stereocenters. The predicted molar refractivity (Wildman–Crippen MR) is 113 cm³/mol. The monoisotopic (exact) mass is 484 g/mol. The molecule has 10 heteroatoms. The highest BCUT2D eigenvalue weighted by Crippen LogP contribution is 2.41. The van der Waals surface area contributed by atoms with Crippen LogP contribution >= 0.6 is 0 Å². The first-order chi connectivity index (χ1) is 15.5.